The van der Waals surface area contributed by atoms with Crippen LogP contribution < -0.4 is 15.8 Å². The van der Waals surface area contributed by atoms with E-state index in [-0.39, 0.29) is 29.3 Å². The molecule has 2 aliphatic heterocycles. The summed E-state index contributed by atoms with van der Waals surface area (Å²) in [6.07, 6.45) is -0.169. The minimum Gasteiger partial charge on any atom is -0.469 e. The number of nitrogens with one attached hydrogen (secondary N) is 2. The Hall–Kier alpha value is -3.80. The summed E-state index contributed by atoms with van der Waals surface area (Å²) in [7, 11) is 1.26. The van der Waals surface area contributed by atoms with Gasteiger partial charge in [0.05, 0.1) is 24.8 Å². The molecule has 1 amide bonds. The van der Waals surface area contributed by atoms with Crippen LogP contribution >= 0.6 is 0 Å². The van der Waals surface area contributed by atoms with Gasteiger partial charge in [0, 0.05) is 11.3 Å². The van der Waals surface area contributed by atoms with E-state index in [4.69, 9.17) is 15.2 Å². The number of carbonyl (C=O) groups is 2. The highest BCUT2D eigenvalue weighted by Gasteiger charge is 2.58. The average Bonchev–Trinajstić information content (AvgIpc) is 3.15. The minimum absolute atomic E-state index is 0.0484. The lowest BCUT2D eigenvalue weighted by Gasteiger charge is -2.31. The fourth-order valence-corrected chi connectivity index (χ4v) is 3.52. The zero-order valence-electron chi connectivity index (χ0n) is 13.6. The fourth-order valence-electron chi connectivity index (χ4n) is 3.52. The van der Waals surface area contributed by atoms with E-state index in [1.54, 1.807) is 24.3 Å². The maximum Gasteiger partial charge on any atom is 0.311 e. The molecule has 0 radical (unpaired) electrons. The van der Waals surface area contributed by atoms with E-state index in [2.05, 4.69) is 15.5 Å². The number of aromatic nitrogens is 2. The van der Waals surface area contributed by atoms with Crippen LogP contribution in [0.4, 0.5) is 5.69 Å². The Morgan fingerprint density at radius 1 is 1.46 bits per heavy atom. The molecule has 1 unspecified atom stereocenters. The summed E-state index contributed by atoms with van der Waals surface area (Å²) in [5.41, 5.74) is 6.03. The van der Waals surface area contributed by atoms with E-state index in [1.807, 2.05) is 6.07 Å². The predicted octanol–water partition coefficient (Wildman–Crippen LogP) is 0.450. The highest BCUT2D eigenvalue weighted by Crippen LogP contribution is 2.53. The largest absolute Gasteiger partial charge is 0.469 e. The molecule has 0 bridgehead atoms. The number of H-pyrrole nitrogens is 1. The summed E-state index contributed by atoms with van der Waals surface area (Å²) in [4.78, 5) is 24.9. The van der Waals surface area contributed by atoms with Crippen molar-refractivity contribution in [3.05, 3.63) is 52.5 Å². The van der Waals surface area contributed by atoms with E-state index >= 15 is 0 Å². The number of hydrogen-bond donors (Lipinski definition) is 3. The number of hydrogen-bond acceptors (Lipinski definition) is 7. The number of anilines is 1. The van der Waals surface area contributed by atoms with Crippen molar-refractivity contribution in [3.8, 4) is 11.9 Å². The third kappa shape index (κ3) is 1.81. The van der Waals surface area contributed by atoms with Gasteiger partial charge in [0.1, 0.15) is 17.1 Å². The zero-order valence-corrected chi connectivity index (χ0v) is 13.6. The molecule has 4 rings (SSSR count). The number of nitrogens with zero attached hydrogens (tertiary/aromatic N) is 2. The van der Waals surface area contributed by atoms with Crippen LogP contribution in [0.15, 0.2) is 35.7 Å². The third-order valence-electron chi connectivity index (χ3n) is 4.59. The number of benzene rings is 1. The number of para-hydroxylation sites is 1. The van der Waals surface area contributed by atoms with Crippen molar-refractivity contribution >= 4 is 17.6 Å². The first-order valence-electron chi connectivity index (χ1n) is 7.67. The average molecular weight is 351 g/mol. The number of methoxy groups -OCH3 is 1. The second kappa shape index (κ2) is 5.35. The number of carbonyl (C=O) groups excluding carboxylic acids is 2. The Labute approximate surface area is 147 Å². The van der Waals surface area contributed by atoms with Crippen molar-refractivity contribution in [2.45, 2.75) is 11.8 Å². The van der Waals surface area contributed by atoms with E-state index in [0.29, 0.717) is 16.9 Å². The molecule has 1 aromatic carbocycles. The number of amides is 1. The van der Waals surface area contributed by atoms with E-state index in [0.717, 1.165) is 0 Å². The Morgan fingerprint density at radius 2 is 2.23 bits per heavy atom. The molecule has 1 spiro atoms. The molecule has 9 heteroatoms. The van der Waals surface area contributed by atoms with E-state index in [9.17, 15) is 14.9 Å². The molecule has 0 fully saturated rings. The lowest BCUT2D eigenvalue weighted by atomic mass is 9.69. The van der Waals surface area contributed by atoms with Gasteiger partial charge >= 0.3 is 5.97 Å². The fraction of sp³-hybridized carbons (Fsp3) is 0.176. The molecule has 0 aliphatic carbocycles. The molecule has 1 aromatic heterocycles. The highest BCUT2D eigenvalue weighted by atomic mass is 16.5. The van der Waals surface area contributed by atoms with Crippen LogP contribution in [0.25, 0.3) is 0 Å². The van der Waals surface area contributed by atoms with Crippen LogP contribution in [0.2, 0.25) is 0 Å². The topological polar surface area (TPSA) is 143 Å². The molecule has 2 aromatic rings. The summed E-state index contributed by atoms with van der Waals surface area (Å²) in [5, 5.41) is 19.2. The van der Waals surface area contributed by atoms with Crippen LogP contribution in [0.5, 0.6) is 5.88 Å². The summed E-state index contributed by atoms with van der Waals surface area (Å²) >= 11 is 0. The minimum atomic E-state index is -1.54. The van der Waals surface area contributed by atoms with Gasteiger partial charge in [-0.05, 0) is 6.07 Å². The van der Waals surface area contributed by atoms with Crippen molar-refractivity contribution in [2.24, 2.45) is 5.73 Å². The molecular weight excluding hydrogens is 338 g/mol. The Morgan fingerprint density at radius 3 is 2.96 bits per heavy atom. The zero-order chi connectivity index (χ0) is 18.5. The van der Waals surface area contributed by atoms with Gasteiger partial charge in [-0.3, -0.25) is 14.7 Å². The second-order valence-electron chi connectivity index (χ2n) is 5.84. The molecule has 0 saturated carbocycles. The standard InChI is InChI=1S/C17H13N5O4/c1-25-12(23)6-11-13-15(22-21-11)26-14(19)9(7-18)17(13)8-4-2-3-5-10(8)20-16(17)24/h2-5H,6,19H2,1H3,(H,20,24)(H,21,22). The lowest BCUT2D eigenvalue weighted by Crippen LogP contribution is -2.43. The van der Waals surface area contributed by atoms with Crippen LogP contribution in [0, 0.1) is 11.3 Å². The number of aromatic amines is 1. The summed E-state index contributed by atoms with van der Waals surface area (Å²) in [5.74, 6) is -1.15. The SMILES string of the molecule is COC(=O)Cc1[nH]nc2c1C1(C(=O)Nc3ccccc31)C(C#N)=C(N)O2. The van der Waals surface area contributed by atoms with Crippen molar-refractivity contribution in [1.29, 1.82) is 5.26 Å². The molecule has 130 valence electrons. The molecule has 2 aliphatic rings. The molecular formula is C17H13N5O4. The Kier molecular flexibility index (Phi) is 3.23. The quantitative estimate of drug-likeness (QED) is 0.666. The number of fused-ring (bicyclic) bond motifs is 4. The molecule has 3 heterocycles. The van der Waals surface area contributed by atoms with Crippen LogP contribution in [-0.2, 0) is 26.2 Å². The van der Waals surface area contributed by atoms with Crippen molar-refractivity contribution < 1.29 is 19.1 Å². The summed E-state index contributed by atoms with van der Waals surface area (Å²) < 4.78 is 10.1. The normalized spacial score (nSPS) is 20.1. The van der Waals surface area contributed by atoms with Crippen LogP contribution in [0.3, 0.4) is 0 Å². The van der Waals surface area contributed by atoms with Crippen molar-refractivity contribution in [2.75, 3.05) is 12.4 Å². The second-order valence-corrected chi connectivity index (χ2v) is 5.84. The van der Waals surface area contributed by atoms with E-state index < -0.39 is 17.3 Å². The molecule has 9 nitrogen and oxygen atoms in total. The molecule has 0 saturated heterocycles. The van der Waals surface area contributed by atoms with Gasteiger partial charge in [-0.1, -0.05) is 18.2 Å². The van der Waals surface area contributed by atoms with Crippen LogP contribution in [-0.4, -0.2) is 29.2 Å². The Balaban J connectivity index is 2.06. The van der Waals surface area contributed by atoms with Gasteiger partial charge in [0.15, 0.2) is 0 Å². The number of ether oxygens (including phenoxy) is 2. The maximum atomic E-state index is 13.1. The highest BCUT2D eigenvalue weighted by molar-refractivity contribution is 6.12. The molecule has 26 heavy (non-hydrogen) atoms. The summed E-state index contributed by atoms with van der Waals surface area (Å²) in [6, 6.07) is 8.96. The smallest absolute Gasteiger partial charge is 0.311 e. The first-order valence-corrected chi connectivity index (χ1v) is 7.67. The molecule has 1 atom stereocenters. The number of nitrogens with two attached hydrogens (primary N) is 1. The van der Waals surface area contributed by atoms with Crippen molar-refractivity contribution in [3.63, 3.8) is 0 Å². The third-order valence-corrected chi connectivity index (χ3v) is 4.59. The van der Waals surface area contributed by atoms with Crippen molar-refractivity contribution in [1.82, 2.24) is 10.2 Å². The monoisotopic (exact) mass is 351 g/mol. The van der Waals surface area contributed by atoms with Gasteiger partial charge in [-0.25, -0.2) is 0 Å². The summed E-state index contributed by atoms with van der Waals surface area (Å²) in [6.45, 7) is 0. The van der Waals surface area contributed by atoms with E-state index in [1.165, 1.54) is 7.11 Å². The maximum absolute atomic E-state index is 13.1. The number of rotatable bonds is 2. The Bertz CT molecular complexity index is 1030. The lowest BCUT2D eigenvalue weighted by molar-refractivity contribution is -0.139. The van der Waals surface area contributed by atoms with Gasteiger partial charge in [0.2, 0.25) is 17.7 Å². The van der Waals surface area contributed by atoms with Gasteiger partial charge in [-0.15, -0.1) is 5.10 Å². The van der Waals surface area contributed by atoms with Gasteiger partial charge < -0.3 is 20.5 Å². The van der Waals surface area contributed by atoms with Gasteiger partial charge in [0.25, 0.3) is 0 Å². The first kappa shape index (κ1) is 15.7. The molecule has 4 N–H and O–H groups in total. The first-order chi connectivity index (χ1) is 12.5. The number of esters is 1. The number of nitriles is 1. The van der Waals surface area contributed by atoms with Crippen LogP contribution in [0.1, 0.15) is 16.8 Å². The predicted molar refractivity (Wildman–Crippen MR) is 87.6 cm³/mol. The van der Waals surface area contributed by atoms with Gasteiger partial charge in [-0.2, -0.15) is 5.26 Å².